The zero-order valence-electron chi connectivity index (χ0n) is 18.6. The summed E-state index contributed by atoms with van der Waals surface area (Å²) in [6, 6.07) is 11.7. The molecule has 8 nitrogen and oxygen atoms in total. The fraction of sp³-hybridized carbons (Fsp3) is 0.250. The lowest BCUT2D eigenvalue weighted by Gasteiger charge is -2.34. The molecule has 0 spiro atoms. The van der Waals surface area contributed by atoms with Crippen molar-refractivity contribution in [3.8, 4) is 11.4 Å². The Morgan fingerprint density at radius 3 is 2.17 bits per heavy atom. The zero-order chi connectivity index (χ0) is 25.3. The van der Waals surface area contributed by atoms with E-state index in [0.29, 0.717) is 0 Å². The summed E-state index contributed by atoms with van der Waals surface area (Å²) in [5, 5.41) is 14.0. The molecule has 1 aliphatic heterocycles. The van der Waals surface area contributed by atoms with E-state index >= 15 is 0 Å². The van der Waals surface area contributed by atoms with Crippen LogP contribution in [0, 0.1) is 6.92 Å². The largest absolute Gasteiger partial charge is 0.507 e. The Morgan fingerprint density at radius 1 is 0.914 bits per heavy atom. The van der Waals surface area contributed by atoms with Gasteiger partial charge in [-0.05, 0) is 37.3 Å². The maximum absolute atomic E-state index is 13.1. The smallest absolute Gasteiger partial charge is 0.416 e. The second-order valence-corrected chi connectivity index (χ2v) is 8.06. The summed E-state index contributed by atoms with van der Waals surface area (Å²) in [6.07, 6.45) is -4.56. The van der Waals surface area contributed by atoms with Gasteiger partial charge in [0.05, 0.1) is 16.8 Å². The molecule has 2 aromatic carbocycles. The number of hydrogen-bond donors (Lipinski definition) is 1. The van der Waals surface area contributed by atoms with Gasteiger partial charge in [0.15, 0.2) is 5.69 Å². The van der Waals surface area contributed by atoms with Crippen LogP contribution < -0.4 is 5.43 Å². The number of alkyl halides is 3. The Morgan fingerprint density at radius 2 is 1.54 bits per heavy atom. The van der Waals surface area contributed by atoms with E-state index in [-0.39, 0.29) is 54.8 Å². The monoisotopic (exact) mass is 486 g/mol. The fourth-order valence-electron chi connectivity index (χ4n) is 3.86. The third-order valence-corrected chi connectivity index (χ3v) is 5.72. The summed E-state index contributed by atoms with van der Waals surface area (Å²) in [5.41, 5.74) is -1.48. The van der Waals surface area contributed by atoms with Gasteiger partial charge in [0.2, 0.25) is 5.43 Å². The summed E-state index contributed by atoms with van der Waals surface area (Å²) in [6.45, 7) is 2.10. The highest BCUT2D eigenvalue weighted by atomic mass is 19.4. The normalized spacial score (nSPS) is 14.2. The lowest BCUT2D eigenvalue weighted by atomic mass is 10.1. The van der Waals surface area contributed by atoms with E-state index in [2.05, 4.69) is 5.10 Å². The van der Waals surface area contributed by atoms with Crippen LogP contribution >= 0.6 is 0 Å². The minimum absolute atomic E-state index is 0.0597. The number of amides is 2. The molecule has 0 saturated carbocycles. The molecule has 0 unspecified atom stereocenters. The van der Waals surface area contributed by atoms with Crippen LogP contribution in [0.4, 0.5) is 13.2 Å². The number of hydrogen-bond acceptors (Lipinski definition) is 5. The number of para-hydroxylation sites is 1. The first kappa shape index (κ1) is 24.0. The lowest BCUT2D eigenvalue weighted by molar-refractivity contribution is -0.137. The molecule has 4 rings (SSSR count). The number of carbonyl (C=O) groups is 2. The van der Waals surface area contributed by atoms with E-state index in [0.717, 1.165) is 22.9 Å². The minimum atomic E-state index is -4.56. The highest BCUT2D eigenvalue weighted by molar-refractivity contribution is 5.97. The molecule has 182 valence electrons. The number of carbonyl (C=O) groups excluding carboxylic acids is 2. The first-order valence-electron chi connectivity index (χ1n) is 10.7. The van der Waals surface area contributed by atoms with E-state index in [1.165, 1.54) is 41.0 Å². The van der Waals surface area contributed by atoms with Gasteiger partial charge in [0.1, 0.15) is 5.75 Å². The molecule has 1 aromatic heterocycles. The second-order valence-electron chi connectivity index (χ2n) is 8.06. The first-order valence-corrected chi connectivity index (χ1v) is 10.7. The van der Waals surface area contributed by atoms with Crippen molar-refractivity contribution in [2.45, 2.75) is 13.1 Å². The van der Waals surface area contributed by atoms with E-state index in [4.69, 9.17) is 0 Å². The van der Waals surface area contributed by atoms with E-state index < -0.39 is 28.8 Å². The maximum atomic E-state index is 13.1. The Balaban J connectivity index is 1.55. The highest BCUT2D eigenvalue weighted by Gasteiger charge is 2.31. The van der Waals surface area contributed by atoms with Crippen LogP contribution in [-0.2, 0) is 6.18 Å². The molecule has 11 heteroatoms. The van der Waals surface area contributed by atoms with Gasteiger partial charge >= 0.3 is 6.18 Å². The van der Waals surface area contributed by atoms with Gasteiger partial charge in [0.25, 0.3) is 11.8 Å². The number of halogens is 3. The number of benzene rings is 2. The van der Waals surface area contributed by atoms with Crippen molar-refractivity contribution in [1.29, 1.82) is 0 Å². The molecule has 0 atom stereocenters. The highest BCUT2D eigenvalue weighted by Crippen LogP contribution is 2.30. The molecular formula is C24H21F3N4O4. The van der Waals surface area contributed by atoms with E-state index in [1.54, 1.807) is 12.1 Å². The predicted octanol–water partition coefficient (Wildman–Crippen LogP) is 2.86. The molecule has 0 bridgehead atoms. The van der Waals surface area contributed by atoms with Crippen molar-refractivity contribution < 1.29 is 27.9 Å². The van der Waals surface area contributed by atoms with Crippen LogP contribution in [0.25, 0.3) is 5.69 Å². The van der Waals surface area contributed by atoms with Gasteiger partial charge < -0.3 is 14.9 Å². The van der Waals surface area contributed by atoms with Gasteiger partial charge in [-0.15, -0.1) is 0 Å². The predicted molar refractivity (Wildman–Crippen MR) is 119 cm³/mol. The first-order chi connectivity index (χ1) is 16.6. The molecule has 1 fully saturated rings. The zero-order valence-corrected chi connectivity index (χ0v) is 18.6. The Bertz CT molecular complexity index is 1350. The van der Waals surface area contributed by atoms with Crippen LogP contribution in [0.15, 0.2) is 59.4 Å². The molecule has 1 N–H and O–H groups in total. The van der Waals surface area contributed by atoms with Crippen molar-refractivity contribution in [3.05, 3.63) is 87.3 Å². The van der Waals surface area contributed by atoms with Gasteiger partial charge in [-0.1, -0.05) is 18.2 Å². The van der Waals surface area contributed by atoms with Gasteiger partial charge in [0, 0.05) is 37.9 Å². The van der Waals surface area contributed by atoms with Crippen molar-refractivity contribution in [2.75, 3.05) is 26.2 Å². The van der Waals surface area contributed by atoms with Crippen molar-refractivity contribution in [3.63, 3.8) is 0 Å². The van der Waals surface area contributed by atoms with Crippen molar-refractivity contribution in [2.24, 2.45) is 0 Å². The Kier molecular flexibility index (Phi) is 6.33. The third kappa shape index (κ3) is 4.88. The van der Waals surface area contributed by atoms with Crippen LogP contribution in [0.5, 0.6) is 5.75 Å². The summed E-state index contributed by atoms with van der Waals surface area (Å²) >= 11 is 0. The number of rotatable bonds is 3. The maximum Gasteiger partial charge on any atom is 0.416 e. The summed E-state index contributed by atoms with van der Waals surface area (Å²) in [4.78, 5) is 41.1. The van der Waals surface area contributed by atoms with E-state index in [9.17, 15) is 32.7 Å². The minimum Gasteiger partial charge on any atom is -0.507 e. The number of aromatic hydroxyl groups is 1. The molecule has 3 aromatic rings. The number of phenols is 1. The van der Waals surface area contributed by atoms with Crippen LogP contribution in [0.1, 0.15) is 32.1 Å². The molecule has 0 aliphatic carbocycles. The second kappa shape index (κ2) is 9.24. The van der Waals surface area contributed by atoms with Crippen LogP contribution in [-0.4, -0.2) is 62.7 Å². The molecule has 35 heavy (non-hydrogen) atoms. The summed E-state index contributed by atoms with van der Waals surface area (Å²) < 4.78 is 40.5. The fourth-order valence-corrected chi connectivity index (χ4v) is 3.86. The SMILES string of the molecule is Cc1cc(=O)c(C(=O)N2CCN(C(=O)c3ccccc3O)CC2)nn1-c1cccc(C(F)(F)F)c1. The molecule has 1 saturated heterocycles. The average Bonchev–Trinajstić information content (AvgIpc) is 2.83. The van der Waals surface area contributed by atoms with Crippen molar-refractivity contribution >= 4 is 11.8 Å². The topological polar surface area (TPSA) is 95.7 Å². The number of nitrogens with zero attached hydrogens (tertiary/aromatic N) is 4. The molecule has 1 aliphatic rings. The number of aromatic nitrogens is 2. The quantitative estimate of drug-likeness (QED) is 0.614. The standard InChI is InChI=1S/C24H21F3N4O4/c1-15-13-20(33)21(28-31(15)17-6-4-5-16(14-17)24(25,26)27)23(35)30-11-9-29(10-12-30)22(34)18-7-2-3-8-19(18)32/h2-8,13-14,32H,9-12H2,1H3. The van der Waals surface area contributed by atoms with Gasteiger partial charge in [-0.3, -0.25) is 14.4 Å². The summed E-state index contributed by atoms with van der Waals surface area (Å²) in [7, 11) is 0. The average molecular weight is 486 g/mol. The third-order valence-electron chi connectivity index (χ3n) is 5.72. The Hall–Kier alpha value is -4.15. The van der Waals surface area contributed by atoms with Gasteiger partial charge in [-0.2, -0.15) is 18.3 Å². The number of piperazine rings is 1. The Labute approximate surface area is 197 Å². The molecule has 2 amide bonds. The molecular weight excluding hydrogens is 465 g/mol. The van der Waals surface area contributed by atoms with Crippen LogP contribution in [0.2, 0.25) is 0 Å². The summed E-state index contributed by atoms with van der Waals surface area (Å²) in [5.74, 6) is -1.20. The number of phenolic OH excluding ortho intramolecular Hbond substituents is 1. The van der Waals surface area contributed by atoms with E-state index in [1.807, 2.05) is 0 Å². The van der Waals surface area contributed by atoms with Gasteiger partial charge in [-0.25, -0.2) is 4.68 Å². The van der Waals surface area contributed by atoms with Crippen molar-refractivity contribution in [1.82, 2.24) is 19.6 Å². The van der Waals surface area contributed by atoms with Crippen LogP contribution in [0.3, 0.4) is 0 Å². The molecule has 0 radical (unpaired) electrons. The lowest BCUT2D eigenvalue weighted by Crippen LogP contribution is -2.51. The number of aryl methyl sites for hydroxylation is 1. The molecule has 2 heterocycles.